The molecule has 0 aliphatic heterocycles. The first-order valence-corrected chi connectivity index (χ1v) is 9.32. The summed E-state index contributed by atoms with van der Waals surface area (Å²) in [5.41, 5.74) is -0.483. The van der Waals surface area contributed by atoms with E-state index >= 15 is 0 Å². The Labute approximate surface area is 157 Å². The molecule has 10 heteroatoms. The van der Waals surface area contributed by atoms with Gasteiger partial charge in [-0.1, -0.05) is 0 Å². The standard InChI is InChI=1S/C16H14BrF2NO5S/c1-24-15-6-4-11(8-12(15)17)26(22,23)20(9-16(21)25-2)14-5-3-10(18)7-13(14)19/h3-8H,9H2,1-2H3. The van der Waals surface area contributed by atoms with Gasteiger partial charge >= 0.3 is 5.97 Å². The number of methoxy groups -OCH3 is 2. The number of benzene rings is 2. The molecule has 0 spiro atoms. The Morgan fingerprint density at radius 2 is 1.85 bits per heavy atom. The Bertz CT molecular complexity index is 936. The molecule has 0 aliphatic rings. The molecule has 0 saturated carbocycles. The van der Waals surface area contributed by atoms with E-state index in [1.807, 2.05) is 0 Å². The molecule has 0 amide bonds. The smallest absolute Gasteiger partial charge is 0.326 e. The monoisotopic (exact) mass is 449 g/mol. The van der Waals surface area contributed by atoms with Crippen LogP contribution < -0.4 is 9.04 Å². The molecule has 0 heterocycles. The van der Waals surface area contributed by atoms with Gasteiger partial charge in [0.1, 0.15) is 23.9 Å². The predicted octanol–water partition coefficient (Wildman–Crippen LogP) is 3.10. The van der Waals surface area contributed by atoms with Gasteiger partial charge in [0.25, 0.3) is 10.0 Å². The zero-order valence-corrected chi connectivity index (χ0v) is 16.1. The number of hydrogen-bond acceptors (Lipinski definition) is 5. The second kappa shape index (κ2) is 8.00. The molecule has 0 atom stereocenters. The molecule has 2 rings (SSSR count). The highest BCUT2D eigenvalue weighted by Gasteiger charge is 2.30. The molecule has 2 aromatic rings. The number of halogens is 3. The Morgan fingerprint density at radius 1 is 1.15 bits per heavy atom. The molecule has 0 fully saturated rings. The molecule has 6 nitrogen and oxygen atoms in total. The number of esters is 1. The van der Waals surface area contributed by atoms with E-state index in [0.29, 0.717) is 20.6 Å². The van der Waals surface area contributed by atoms with Crippen LogP contribution in [-0.4, -0.2) is 35.2 Å². The fraction of sp³-hybridized carbons (Fsp3) is 0.188. The number of anilines is 1. The lowest BCUT2D eigenvalue weighted by molar-refractivity contribution is -0.138. The van der Waals surface area contributed by atoms with E-state index in [2.05, 4.69) is 20.7 Å². The topological polar surface area (TPSA) is 72.9 Å². The molecular weight excluding hydrogens is 436 g/mol. The molecule has 0 aromatic heterocycles. The lowest BCUT2D eigenvalue weighted by Crippen LogP contribution is -2.37. The van der Waals surface area contributed by atoms with E-state index in [4.69, 9.17) is 4.74 Å². The van der Waals surface area contributed by atoms with Crippen LogP contribution in [-0.2, 0) is 19.6 Å². The van der Waals surface area contributed by atoms with Gasteiger partial charge in [0.2, 0.25) is 0 Å². The minimum atomic E-state index is -4.36. The molecule has 0 radical (unpaired) electrons. The zero-order valence-electron chi connectivity index (χ0n) is 13.7. The van der Waals surface area contributed by atoms with Crippen LogP contribution in [0.15, 0.2) is 45.8 Å². The third-order valence-corrected chi connectivity index (χ3v) is 5.77. The van der Waals surface area contributed by atoms with Crippen molar-refractivity contribution in [2.75, 3.05) is 25.1 Å². The molecule has 0 bridgehead atoms. The summed E-state index contributed by atoms with van der Waals surface area (Å²) in [6.45, 7) is -0.787. The van der Waals surface area contributed by atoms with Crippen LogP contribution in [0.1, 0.15) is 0 Å². The normalized spacial score (nSPS) is 11.1. The van der Waals surface area contributed by atoms with E-state index in [9.17, 15) is 22.0 Å². The van der Waals surface area contributed by atoms with Crippen molar-refractivity contribution in [3.8, 4) is 5.75 Å². The van der Waals surface area contributed by atoms with Gasteiger partial charge in [-0.05, 0) is 46.3 Å². The number of rotatable bonds is 6. The van der Waals surface area contributed by atoms with Crippen LogP contribution in [0.3, 0.4) is 0 Å². The highest BCUT2D eigenvalue weighted by atomic mass is 79.9. The number of carbonyl (C=O) groups excluding carboxylic acids is 1. The van der Waals surface area contributed by atoms with Crippen LogP contribution in [0, 0.1) is 11.6 Å². The molecule has 140 valence electrons. The van der Waals surface area contributed by atoms with Crippen molar-refractivity contribution < 1.29 is 31.5 Å². The average molecular weight is 450 g/mol. The van der Waals surface area contributed by atoms with Crippen LogP contribution >= 0.6 is 15.9 Å². The minimum absolute atomic E-state index is 0.224. The van der Waals surface area contributed by atoms with Crippen molar-refractivity contribution in [1.29, 1.82) is 0 Å². The van der Waals surface area contributed by atoms with Crippen LogP contribution in [0.5, 0.6) is 5.75 Å². The fourth-order valence-corrected chi connectivity index (χ4v) is 4.24. The van der Waals surface area contributed by atoms with Crippen molar-refractivity contribution >= 4 is 37.6 Å². The molecule has 0 saturated heterocycles. The van der Waals surface area contributed by atoms with Crippen molar-refractivity contribution in [2.45, 2.75) is 4.90 Å². The van der Waals surface area contributed by atoms with Gasteiger partial charge in [-0.2, -0.15) is 0 Å². The summed E-state index contributed by atoms with van der Waals surface area (Å²) in [5.74, 6) is -2.54. The maximum absolute atomic E-state index is 14.2. The lowest BCUT2D eigenvalue weighted by atomic mass is 10.3. The summed E-state index contributed by atoms with van der Waals surface area (Å²) in [7, 11) is -1.88. The third kappa shape index (κ3) is 4.13. The highest BCUT2D eigenvalue weighted by molar-refractivity contribution is 9.10. The Balaban J connectivity index is 2.59. The van der Waals surface area contributed by atoms with Gasteiger partial charge < -0.3 is 9.47 Å². The maximum Gasteiger partial charge on any atom is 0.326 e. The number of ether oxygens (including phenoxy) is 2. The first-order chi connectivity index (χ1) is 12.2. The highest BCUT2D eigenvalue weighted by Crippen LogP contribution is 2.31. The van der Waals surface area contributed by atoms with Gasteiger partial charge in [-0.25, -0.2) is 17.2 Å². The van der Waals surface area contributed by atoms with E-state index in [0.717, 1.165) is 19.2 Å². The Hall–Kier alpha value is -2.20. The van der Waals surface area contributed by atoms with Crippen molar-refractivity contribution in [2.24, 2.45) is 0 Å². The molecule has 26 heavy (non-hydrogen) atoms. The lowest BCUT2D eigenvalue weighted by Gasteiger charge is -2.24. The SMILES string of the molecule is COC(=O)CN(c1ccc(F)cc1F)S(=O)(=O)c1ccc(OC)c(Br)c1. The van der Waals surface area contributed by atoms with Gasteiger partial charge in [-0.3, -0.25) is 9.10 Å². The van der Waals surface area contributed by atoms with Crippen LogP contribution in [0.2, 0.25) is 0 Å². The quantitative estimate of drug-likeness (QED) is 0.633. The largest absolute Gasteiger partial charge is 0.496 e. The van der Waals surface area contributed by atoms with Crippen LogP contribution in [0.4, 0.5) is 14.5 Å². The molecular formula is C16H14BrF2NO5S. The summed E-state index contributed by atoms with van der Waals surface area (Å²) in [5, 5.41) is 0. The second-order valence-electron chi connectivity index (χ2n) is 4.98. The predicted molar refractivity (Wildman–Crippen MR) is 93.6 cm³/mol. The minimum Gasteiger partial charge on any atom is -0.496 e. The van der Waals surface area contributed by atoms with Crippen LogP contribution in [0.25, 0.3) is 0 Å². The zero-order chi connectivity index (χ0) is 19.5. The average Bonchev–Trinajstić information content (AvgIpc) is 2.59. The molecule has 0 unspecified atom stereocenters. The fourth-order valence-electron chi connectivity index (χ4n) is 2.10. The Morgan fingerprint density at radius 3 is 2.38 bits per heavy atom. The van der Waals surface area contributed by atoms with Gasteiger partial charge in [0.15, 0.2) is 0 Å². The van der Waals surface area contributed by atoms with E-state index in [1.54, 1.807) is 0 Å². The summed E-state index contributed by atoms with van der Waals surface area (Å²) >= 11 is 3.17. The van der Waals surface area contributed by atoms with Crippen molar-refractivity contribution in [3.63, 3.8) is 0 Å². The number of carbonyl (C=O) groups is 1. The second-order valence-corrected chi connectivity index (χ2v) is 7.70. The summed E-state index contributed by atoms with van der Waals surface area (Å²) < 4.78 is 63.7. The van der Waals surface area contributed by atoms with Crippen molar-refractivity contribution in [1.82, 2.24) is 0 Å². The first kappa shape index (κ1) is 20.1. The molecule has 2 aromatic carbocycles. The number of hydrogen-bond donors (Lipinski definition) is 0. The Kier molecular flexibility index (Phi) is 6.19. The van der Waals surface area contributed by atoms with Gasteiger partial charge in [0.05, 0.1) is 29.3 Å². The first-order valence-electron chi connectivity index (χ1n) is 7.09. The number of sulfonamides is 1. The van der Waals surface area contributed by atoms with Gasteiger partial charge in [0, 0.05) is 6.07 Å². The summed E-state index contributed by atoms with van der Waals surface area (Å²) in [6.07, 6.45) is 0. The third-order valence-electron chi connectivity index (χ3n) is 3.39. The maximum atomic E-state index is 14.2. The van der Waals surface area contributed by atoms with E-state index in [1.165, 1.54) is 25.3 Å². The van der Waals surface area contributed by atoms with E-state index in [-0.39, 0.29) is 4.90 Å². The van der Waals surface area contributed by atoms with E-state index < -0.39 is 39.9 Å². The summed E-state index contributed by atoms with van der Waals surface area (Å²) in [6, 6.07) is 6.24. The van der Waals surface area contributed by atoms with Gasteiger partial charge in [-0.15, -0.1) is 0 Å². The summed E-state index contributed by atoms with van der Waals surface area (Å²) in [4.78, 5) is 11.4. The van der Waals surface area contributed by atoms with Crippen molar-refractivity contribution in [3.05, 3.63) is 52.5 Å². The molecule has 0 N–H and O–H groups in total. The number of nitrogens with zero attached hydrogens (tertiary/aromatic N) is 1. The molecule has 0 aliphatic carbocycles.